The van der Waals surface area contributed by atoms with E-state index in [2.05, 4.69) is 51.6 Å². The minimum atomic E-state index is -0.0312. The first-order valence-electron chi connectivity index (χ1n) is 5.68. The Morgan fingerprint density at radius 3 is 2.67 bits per heavy atom. The van der Waals surface area contributed by atoms with Crippen LogP contribution in [0.4, 0.5) is 0 Å². The Hall–Kier alpha value is -0.720. The van der Waals surface area contributed by atoms with Crippen LogP contribution in [-0.2, 0) is 5.41 Å². The van der Waals surface area contributed by atoms with Crippen molar-refractivity contribution in [2.45, 2.75) is 32.2 Å². The zero-order valence-corrected chi connectivity index (χ0v) is 13.2. The molecule has 1 N–H and O–H groups in total. The summed E-state index contributed by atoms with van der Waals surface area (Å²) >= 11 is 4.91. The van der Waals surface area contributed by atoms with Gasteiger partial charge in [-0.3, -0.25) is 0 Å². The number of halogens is 1. The van der Waals surface area contributed by atoms with Crippen molar-refractivity contribution in [3.05, 3.63) is 33.1 Å². The molecule has 0 radical (unpaired) electrons. The standard InChI is InChI=1S/C12H16BrN3OS/c1-12(2,3)11-10(18-16-15-11)8(14-4)9-7(13)5-6-17-9/h5-6,8,14H,1-4H3. The maximum Gasteiger partial charge on any atom is 0.140 e. The lowest BCUT2D eigenvalue weighted by Crippen LogP contribution is -2.22. The fraction of sp³-hybridized carbons (Fsp3) is 0.500. The van der Waals surface area contributed by atoms with Crippen LogP contribution < -0.4 is 5.32 Å². The molecule has 0 aliphatic carbocycles. The third kappa shape index (κ3) is 2.50. The molecule has 0 fully saturated rings. The van der Waals surface area contributed by atoms with Gasteiger partial charge in [0.2, 0.25) is 0 Å². The number of rotatable bonds is 3. The fourth-order valence-electron chi connectivity index (χ4n) is 1.80. The van der Waals surface area contributed by atoms with Gasteiger partial charge in [0.15, 0.2) is 0 Å². The molecule has 0 aliphatic rings. The Balaban J connectivity index is 2.47. The summed E-state index contributed by atoms with van der Waals surface area (Å²) in [4.78, 5) is 1.10. The van der Waals surface area contributed by atoms with Gasteiger partial charge >= 0.3 is 0 Å². The Morgan fingerprint density at radius 1 is 1.44 bits per heavy atom. The van der Waals surface area contributed by atoms with Crippen molar-refractivity contribution in [1.29, 1.82) is 0 Å². The monoisotopic (exact) mass is 329 g/mol. The van der Waals surface area contributed by atoms with Gasteiger partial charge in [-0.15, -0.1) is 5.10 Å². The lowest BCUT2D eigenvalue weighted by Gasteiger charge is -2.20. The Kier molecular flexibility index (Phi) is 3.89. The van der Waals surface area contributed by atoms with Crippen LogP contribution in [0.1, 0.15) is 43.1 Å². The van der Waals surface area contributed by atoms with Gasteiger partial charge in [0.1, 0.15) is 11.8 Å². The first kappa shape index (κ1) is 13.7. The van der Waals surface area contributed by atoms with E-state index in [-0.39, 0.29) is 11.5 Å². The van der Waals surface area contributed by atoms with Crippen molar-refractivity contribution in [3.8, 4) is 0 Å². The number of nitrogens with zero attached hydrogens (tertiary/aromatic N) is 2. The zero-order valence-electron chi connectivity index (χ0n) is 10.8. The van der Waals surface area contributed by atoms with Crippen LogP contribution in [0.3, 0.4) is 0 Å². The summed E-state index contributed by atoms with van der Waals surface area (Å²) in [6, 6.07) is 1.87. The molecule has 2 heterocycles. The molecular formula is C12H16BrN3OS. The molecule has 0 bridgehead atoms. The molecule has 18 heavy (non-hydrogen) atoms. The van der Waals surface area contributed by atoms with E-state index in [0.717, 1.165) is 20.8 Å². The zero-order chi connectivity index (χ0) is 13.3. The average molecular weight is 330 g/mol. The first-order valence-corrected chi connectivity index (χ1v) is 7.24. The third-order valence-corrected chi connectivity index (χ3v) is 4.13. The van der Waals surface area contributed by atoms with E-state index in [1.165, 1.54) is 11.5 Å². The molecule has 98 valence electrons. The third-order valence-electron chi connectivity index (χ3n) is 2.68. The second kappa shape index (κ2) is 5.11. The molecular weight excluding hydrogens is 314 g/mol. The van der Waals surface area contributed by atoms with Gasteiger partial charge in [-0.2, -0.15) is 0 Å². The Morgan fingerprint density at radius 2 is 2.17 bits per heavy atom. The van der Waals surface area contributed by atoms with Crippen LogP contribution in [0, 0.1) is 0 Å². The molecule has 0 aromatic carbocycles. The van der Waals surface area contributed by atoms with Crippen LogP contribution >= 0.6 is 27.5 Å². The molecule has 0 saturated heterocycles. The Labute approximate surface area is 119 Å². The molecule has 1 atom stereocenters. The van der Waals surface area contributed by atoms with Crippen molar-refractivity contribution >= 4 is 27.5 Å². The smallest absolute Gasteiger partial charge is 0.140 e. The maximum atomic E-state index is 5.55. The minimum absolute atomic E-state index is 0.0244. The van der Waals surface area contributed by atoms with Gasteiger partial charge in [-0.1, -0.05) is 25.3 Å². The van der Waals surface area contributed by atoms with Crippen LogP contribution in [0.5, 0.6) is 0 Å². The van der Waals surface area contributed by atoms with Crippen molar-refractivity contribution in [3.63, 3.8) is 0 Å². The highest BCUT2D eigenvalue weighted by Crippen LogP contribution is 2.36. The highest BCUT2D eigenvalue weighted by atomic mass is 79.9. The van der Waals surface area contributed by atoms with Gasteiger partial charge < -0.3 is 9.73 Å². The van der Waals surface area contributed by atoms with Gasteiger partial charge in [0.05, 0.1) is 21.3 Å². The van der Waals surface area contributed by atoms with Gasteiger partial charge in [0.25, 0.3) is 0 Å². The number of aromatic nitrogens is 2. The predicted octanol–water partition coefficient (Wildman–Crippen LogP) is 3.50. The molecule has 0 amide bonds. The fourth-order valence-corrected chi connectivity index (χ4v) is 3.20. The SMILES string of the molecule is CNC(c1occc1Br)c1snnc1C(C)(C)C. The quantitative estimate of drug-likeness (QED) is 0.936. The number of hydrogen-bond donors (Lipinski definition) is 1. The van der Waals surface area contributed by atoms with Gasteiger partial charge in [-0.05, 0) is 40.6 Å². The summed E-state index contributed by atoms with van der Waals surface area (Å²) < 4.78 is 10.6. The van der Waals surface area contributed by atoms with E-state index >= 15 is 0 Å². The molecule has 0 spiro atoms. The molecule has 2 rings (SSSR count). The lowest BCUT2D eigenvalue weighted by atomic mass is 9.89. The van der Waals surface area contributed by atoms with E-state index in [1.54, 1.807) is 6.26 Å². The predicted molar refractivity (Wildman–Crippen MR) is 75.9 cm³/mol. The summed E-state index contributed by atoms with van der Waals surface area (Å²) in [6.07, 6.45) is 1.68. The van der Waals surface area contributed by atoms with Crippen LogP contribution in [0.2, 0.25) is 0 Å². The largest absolute Gasteiger partial charge is 0.466 e. The van der Waals surface area contributed by atoms with Crippen molar-refractivity contribution in [2.75, 3.05) is 7.05 Å². The van der Waals surface area contributed by atoms with E-state index in [9.17, 15) is 0 Å². The van der Waals surface area contributed by atoms with Gasteiger partial charge in [0, 0.05) is 5.41 Å². The van der Waals surface area contributed by atoms with Crippen LogP contribution in [0.15, 0.2) is 21.2 Å². The van der Waals surface area contributed by atoms with Crippen LogP contribution in [0.25, 0.3) is 0 Å². The molecule has 0 saturated carbocycles. The summed E-state index contributed by atoms with van der Waals surface area (Å²) in [5, 5.41) is 7.53. The van der Waals surface area contributed by atoms with Crippen LogP contribution in [-0.4, -0.2) is 16.6 Å². The van der Waals surface area contributed by atoms with E-state index < -0.39 is 0 Å². The summed E-state index contributed by atoms with van der Waals surface area (Å²) in [7, 11) is 1.91. The summed E-state index contributed by atoms with van der Waals surface area (Å²) in [5.41, 5.74) is 0.978. The molecule has 0 aliphatic heterocycles. The molecule has 2 aromatic heterocycles. The van der Waals surface area contributed by atoms with Crippen molar-refractivity contribution in [1.82, 2.24) is 14.9 Å². The normalized spacial score (nSPS) is 13.8. The van der Waals surface area contributed by atoms with Crippen molar-refractivity contribution in [2.24, 2.45) is 0 Å². The molecule has 1 unspecified atom stereocenters. The molecule has 6 heteroatoms. The average Bonchev–Trinajstić information content (AvgIpc) is 2.89. The maximum absolute atomic E-state index is 5.55. The number of nitrogens with one attached hydrogen (secondary N) is 1. The highest BCUT2D eigenvalue weighted by molar-refractivity contribution is 9.10. The molecule has 4 nitrogen and oxygen atoms in total. The number of hydrogen-bond acceptors (Lipinski definition) is 5. The lowest BCUT2D eigenvalue weighted by molar-refractivity contribution is 0.456. The van der Waals surface area contributed by atoms with E-state index in [4.69, 9.17) is 4.42 Å². The van der Waals surface area contributed by atoms with Gasteiger partial charge in [-0.25, -0.2) is 0 Å². The Bertz CT molecular complexity index is 529. The number of furan rings is 1. The van der Waals surface area contributed by atoms with Crippen molar-refractivity contribution < 1.29 is 4.42 Å². The second-order valence-electron chi connectivity index (χ2n) is 5.09. The van der Waals surface area contributed by atoms with E-state index in [1.807, 2.05) is 13.1 Å². The topological polar surface area (TPSA) is 51.0 Å². The van der Waals surface area contributed by atoms with E-state index in [0.29, 0.717) is 0 Å². The summed E-state index contributed by atoms with van der Waals surface area (Å²) in [6.45, 7) is 6.41. The highest BCUT2D eigenvalue weighted by Gasteiger charge is 2.29. The first-order chi connectivity index (χ1) is 8.45. The minimum Gasteiger partial charge on any atom is -0.466 e. The summed E-state index contributed by atoms with van der Waals surface area (Å²) in [5.74, 6) is 0.856. The second-order valence-corrected chi connectivity index (χ2v) is 6.73. The molecule has 2 aromatic rings.